The van der Waals surface area contributed by atoms with Gasteiger partial charge in [0, 0.05) is 10.0 Å². The molecular formula is C16H12BrN3O2. The van der Waals surface area contributed by atoms with E-state index in [4.69, 9.17) is 5.26 Å². The first kappa shape index (κ1) is 15.7. The summed E-state index contributed by atoms with van der Waals surface area (Å²) in [5, 5.41) is 14.0. The molecule has 5 nitrogen and oxygen atoms in total. The summed E-state index contributed by atoms with van der Waals surface area (Å²) in [5.41, 5.74) is 1.37. The van der Waals surface area contributed by atoms with Crippen LogP contribution in [0.4, 0.5) is 5.69 Å². The van der Waals surface area contributed by atoms with Crippen LogP contribution in [0.25, 0.3) is 0 Å². The Morgan fingerprint density at radius 2 is 1.91 bits per heavy atom. The molecule has 0 radical (unpaired) electrons. The summed E-state index contributed by atoms with van der Waals surface area (Å²) in [4.78, 5) is 23.8. The number of nitriles is 1. The standard InChI is InChI=1S/C16H12BrN3O2/c17-13-6-1-2-7-14(13)20-15(21)10-19-16(22)12-5-3-4-11(8-12)9-18/h1-8H,10H2,(H,19,22)(H,20,21). The van der Waals surface area contributed by atoms with Crippen molar-refractivity contribution in [1.29, 1.82) is 5.26 Å². The van der Waals surface area contributed by atoms with Crippen LogP contribution in [-0.4, -0.2) is 18.4 Å². The van der Waals surface area contributed by atoms with E-state index in [-0.39, 0.29) is 12.5 Å². The zero-order chi connectivity index (χ0) is 15.9. The number of carbonyl (C=O) groups excluding carboxylic acids is 2. The second-order valence-corrected chi connectivity index (χ2v) is 5.26. The Hall–Kier alpha value is -2.65. The van der Waals surface area contributed by atoms with E-state index in [1.165, 1.54) is 6.07 Å². The molecule has 2 N–H and O–H groups in total. The molecule has 110 valence electrons. The number of halogens is 1. The van der Waals surface area contributed by atoms with Gasteiger partial charge in [-0.3, -0.25) is 9.59 Å². The first-order valence-electron chi connectivity index (χ1n) is 6.43. The predicted molar refractivity (Wildman–Crippen MR) is 86.3 cm³/mol. The first-order chi connectivity index (χ1) is 10.6. The molecular weight excluding hydrogens is 346 g/mol. The third-order valence-corrected chi connectivity index (χ3v) is 3.50. The van der Waals surface area contributed by atoms with Gasteiger partial charge in [-0.15, -0.1) is 0 Å². The molecule has 0 heterocycles. The number of amides is 2. The fourth-order valence-electron chi connectivity index (χ4n) is 1.75. The van der Waals surface area contributed by atoms with E-state index >= 15 is 0 Å². The summed E-state index contributed by atoms with van der Waals surface area (Å²) < 4.78 is 0.761. The first-order valence-corrected chi connectivity index (χ1v) is 7.22. The number of benzene rings is 2. The van der Waals surface area contributed by atoms with Crippen molar-refractivity contribution in [3.63, 3.8) is 0 Å². The van der Waals surface area contributed by atoms with Gasteiger partial charge in [-0.2, -0.15) is 5.26 Å². The second-order valence-electron chi connectivity index (χ2n) is 4.40. The van der Waals surface area contributed by atoms with Gasteiger partial charge in [0.2, 0.25) is 5.91 Å². The summed E-state index contributed by atoms with van der Waals surface area (Å²) in [7, 11) is 0. The third-order valence-electron chi connectivity index (χ3n) is 2.81. The van der Waals surface area contributed by atoms with E-state index in [0.717, 1.165) is 4.47 Å². The van der Waals surface area contributed by atoms with Crippen LogP contribution < -0.4 is 10.6 Å². The zero-order valence-electron chi connectivity index (χ0n) is 11.5. The highest BCUT2D eigenvalue weighted by Gasteiger charge is 2.09. The molecule has 6 heteroatoms. The average Bonchev–Trinajstić information content (AvgIpc) is 2.55. The Kier molecular flexibility index (Phi) is 5.28. The van der Waals surface area contributed by atoms with E-state index in [1.54, 1.807) is 30.3 Å². The van der Waals surface area contributed by atoms with Gasteiger partial charge in [0.15, 0.2) is 0 Å². The number of rotatable bonds is 4. The number of hydrogen-bond acceptors (Lipinski definition) is 3. The van der Waals surface area contributed by atoms with Crippen LogP contribution in [0.2, 0.25) is 0 Å². The molecule has 0 bridgehead atoms. The zero-order valence-corrected chi connectivity index (χ0v) is 13.1. The maximum absolute atomic E-state index is 11.9. The molecule has 0 aliphatic carbocycles. The van der Waals surface area contributed by atoms with Crippen LogP contribution >= 0.6 is 15.9 Å². The van der Waals surface area contributed by atoms with E-state index in [9.17, 15) is 9.59 Å². The van der Waals surface area contributed by atoms with E-state index in [1.807, 2.05) is 18.2 Å². The van der Waals surface area contributed by atoms with Gasteiger partial charge in [-0.1, -0.05) is 18.2 Å². The summed E-state index contributed by atoms with van der Waals surface area (Å²) >= 11 is 3.32. The lowest BCUT2D eigenvalue weighted by atomic mass is 10.1. The Bertz CT molecular complexity index is 753. The van der Waals surface area contributed by atoms with Crippen molar-refractivity contribution in [2.24, 2.45) is 0 Å². The molecule has 0 saturated heterocycles. The molecule has 0 aliphatic rings. The molecule has 0 saturated carbocycles. The highest BCUT2D eigenvalue weighted by Crippen LogP contribution is 2.20. The minimum Gasteiger partial charge on any atom is -0.343 e. The summed E-state index contributed by atoms with van der Waals surface area (Å²) in [6, 6.07) is 15.4. The molecule has 0 fully saturated rings. The van der Waals surface area contributed by atoms with Gasteiger partial charge in [-0.25, -0.2) is 0 Å². The summed E-state index contributed by atoms with van der Waals surface area (Å²) in [5.74, 6) is -0.740. The molecule has 2 aromatic rings. The number of hydrogen-bond donors (Lipinski definition) is 2. The second kappa shape index (κ2) is 7.38. The number of para-hydroxylation sites is 1. The molecule has 2 aromatic carbocycles. The van der Waals surface area contributed by atoms with Gasteiger partial charge in [0.1, 0.15) is 0 Å². The van der Waals surface area contributed by atoms with Gasteiger partial charge in [0.05, 0.1) is 23.9 Å². The average molecular weight is 358 g/mol. The van der Waals surface area contributed by atoms with Crippen molar-refractivity contribution in [1.82, 2.24) is 5.32 Å². The lowest BCUT2D eigenvalue weighted by Gasteiger charge is -2.08. The van der Waals surface area contributed by atoms with Crippen LogP contribution in [0.5, 0.6) is 0 Å². The summed E-state index contributed by atoms with van der Waals surface area (Å²) in [6.07, 6.45) is 0. The Labute approximate surface area is 136 Å². The Morgan fingerprint density at radius 1 is 1.14 bits per heavy atom. The fourth-order valence-corrected chi connectivity index (χ4v) is 2.13. The van der Waals surface area contributed by atoms with Gasteiger partial charge >= 0.3 is 0 Å². The van der Waals surface area contributed by atoms with E-state index in [0.29, 0.717) is 16.8 Å². The van der Waals surface area contributed by atoms with Crippen molar-refractivity contribution in [2.45, 2.75) is 0 Å². The maximum Gasteiger partial charge on any atom is 0.251 e. The van der Waals surface area contributed by atoms with Crippen molar-refractivity contribution in [2.75, 3.05) is 11.9 Å². The molecule has 2 amide bonds. The number of anilines is 1. The predicted octanol–water partition coefficient (Wildman–Crippen LogP) is 2.69. The van der Waals surface area contributed by atoms with Crippen LogP contribution in [0.1, 0.15) is 15.9 Å². The quantitative estimate of drug-likeness (QED) is 0.882. The Balaban J connectivity index is 1.92. The minimum atomic E-state index is -0.403. The van der Waals surface area contributed by atoms with Crippen molar-refractivity contribution in [3.8, 4) is 6.07 Å². The lowest BCUT2D eigenvalue weighted by Crippen LogP contribution is -2.32. The van der Waals surface area contributed by atoms with Crippen LogP contribution in [0.3, 0.4) is 0 Å². The lowest BCUT2D eigenvalue weighted by molar-refractivity contribution is -0.115. The minimum absolute atomic E-state index is 0.156. The highest BCUT2D eigenvalue weighted by molar-refractivity contribution is 9.10. The fraction of sp³-hybridized carbons (Fsp3) is 0.0625. The molecule has 0 spiro atoms. The number of nitrogens with zero attached hydrogens (tertiary/aromatic N) is 1. The van der Waals surface area contributed by atoms with E-state index < -0.39 is 5.91 Å². The number of nitrogens with one attached hydrogen (secondary N) is 2. The third kappa shape index (κ3) is 4.17. The topological polar surface area (TPSA) is 82.0 Å². The smallest absolute Gasteiger partial charge is 0.251 e. The molecule has 2 rings (SSSR count). The van der Waals surface area contributed by atoms with Crippen molar-refractivity contribution < 1.29 is 9.59 Å². The Morgan fingerprint density at radius 3 is 2.64 bits per heavy atom. The molecule has 0 unspecified atom stereocenters. The maximum atomic E-state index is 11.9. The van der Waals surface area contributed by atoms with Crippen molar-refractivity contribution >= 4 is 33.4 Å². The van der Waals surface area contributed by atoms with Gasteiger partial charge < -0.3 is 10.6 Å². The van der Waals surface area contributed by atoms with Crippen LogP contribution in [0.15, 0.2) is 53.0 Å². The van der Waals surface area contributed by atoms with Crippen LogP contribution in [0, 0.1) is 11.3 Å². The largest absolute Gasteiger partial charge is 0.343 e. The monoisotopic (exact) mass is 357 g/mol. The molecule has 0 atom stereocenters. The molecule has 22 heavy (non-hydrogen) atoms. The van der Waals surface area contributed by atoms with Gasteiger partial charge in [-0.05, 0) is 46.3 Å². The SMILES string of the molecule is N#Cc1cccc(C(=O)NCC(=O)Nc2ccccc2Br)c1. The van der Waals surface area contributed by atoms with E-state index in [2.05, 4.69) is 26.6 Å². The molecule has 0 aliphatic heterocycles. The normalized spacial score (nSPS) is 9.64. The van der Waals surface area contributed by atoms with Crippen LogP contribution in [-0.2, 0) is 4.79 Å². The molecule has 0 aromatic heterocycles. The summed E-state index contributed by atoms with van der Waals surface area (Å²) in [6.45, 7) is -0.156. The highest BCUT2D eigenvalue weighted by atomic mass is 79.9. The van der Waals surface area contributed by atoms with Gasteiger partial charge in [0.25, 0.3) is 5.91 Å². The van der Waals surface area contributed by atoms with Crippen molar-refractivity contribution in [3.05, 3.63) is 64.1 Å². The number of carbonyl (C=O) groups is 2.